The van der Waals surface area contributed by atoms with E-state index in [2.05, 4.69) is 0 Å². The fraction of sp³-hybridized carbons (Fsp3) is 0.208. The van der Waals surface area contributed by atoms with Crippen molar-refractivity contribution in [3.63, 3.8) is 0 Å². The van der Waals surface area contributed by atoms with Crippen LogP contribution in [0.5, 0.6) is 0 Å². The van der Waals surface area contributed by atoms with Crippen LogP contribution in [-0.2, 0) is 21.3 Å². The Morgan fingerprint density at radius 2 is 1.42 bits per heavy atom. The van der Waals surface area contributed by atoms with Crippen molar-refractivity contribution in [3.8, 4) is 0 Å². The van der Waals surface area contributed by atoms with E-state index in [9.17, 15) is 13.2 Å². The summed E-state index contributed by atoms with van der Waals surface area (Å²) in [6.07, 6.45) is 0. The Hall–Kier alpha value is -3.16. The second-order valence-corrected chi connectivity index (χ2v) is 9.12. The average molecular weight is 437 g/mol. The van der Waals surface area contributed by atoms with Gasteiger partial charge in [0.2, 0.25) is 0 Å². The normalized spacial score (nSPS) is 14.3. The fourth-order valence-corrected chi connectivity index (χ4v) is 4.97. The highest BCUT2D eigenvalue weighted by Gasteiger charge is 2.25. The predicted octanol–water partition coefficient (Wildman–Crippen LogP) is 3.55. The number of nitrogens with zero attached hydrogens (tertiary/aromatic N) is 2. The molecule has 0 atom stereocenters. The van der Waals surface area contributed by atoms with Gasteiger partial charge in [-0.2, -0.15) is 0 Å². The minimum Gasteiger partial charge on any atom is -0.378 e. The molecule has 0 bridgehead atoms. The van der Waals surface area contributed by atoms with Crippen LogP contribution >= 0.6 is 0 Å². The van der Waals surface area contributed by atoms with Crippen LogP contribution in [0.15, 0.2) is 89.8 Å². The molecule has 3 aromatic rings. The largest absolute Gasteiger partial charge is 0.378 e. The number of carbonyl (C=O) groups is 1. The predicted molar refractivity (Wildman–Crippen MR) is 119 cm³/mol. The molecule has 160 valence electrons. The molecule has 31 heavy (non-hydrogen) atoms. The van der Waals surface area contributed by atoms with Gasteiger partial charge in [-0.15, -0.1) is 0 Å². The topological polar surface area (TPSA) is 66.9 Å². The molecule has 1 aliphatic heterocycles. The highest BCUT2D eigenvalue weighted by Crippen LogP contribution is 2.26. The molecule has 1 heterocycles. The summed E-state index contributed by atoms with van der Waals surface area (Å²) in [5.41, 5.74) is 1.96. The van der Waals surface area contributed by atoms with E-state index >= 15 is 0 Å². The Bertz CT molecular complexity index is 1110. The molecule has 0 N–H and O–H groups in total. The van der Waals surface area contributed by atoms with Crippen molar-refractivity contribution in [1.29, 1.82) is 0 Å². The minimum absolute atomic E-state index is 0.0355. The first-order chi connectivity index (χ1) is 15.1. The van der Waals surface area contributed by atoms with Crippen LogP contribution in [0, 0.1) is 0 Å². The molecule has 0 spiro atoms. The van der Waals surface area contributed by atoms with Crippen molar-refractivity contribution >= 4 is 21.6 Å². The van der Waals surface area contributed by atoms with Crippen molar-refractivity contribution in [2.45, 2.75) is 11.4 Å². The van der Waals surface area contributed by atoms with E-state index in [0.717, 1.165) is 5.56 Å². The zero-order valence-electron chi connectivity index (χ0n) is 17.1. The van der Waals surface area contributed by atoms with Crippen molar-refractivity contribution in [3.05, 3.63) is 96.1 Å². The first-order valence-corrected chi connectivity index (χ1v) is 11.6. The van der Waals surface area contributed by atoms with Gasteiger partial charge in [-0.25, -0.2) is 8.42 Å². The van der Waals surface area contributed by atoms with Crippen LogP contribution in [0.25, 0.3) is 0 Å². The van der Waals surface area contributed by atoms with Crippen LogP contribution in [0.4, 0.5) is 5.69 Å². The van der Waals surface area contributed by atoms with E-state index in [1.165, 1.54) is 4.31 Å². The van der Waals surface area contributed by atoms with Gasteiger partial charge in [0.15, 0.2) is 0 Å². The second-order valence-electron chi connectivity index (χ2n) is 7.26. The lowest BCUT2D eigenvalue weighted by atomic mass is 10.1. The molecule has 0 radical (unpaired) electrons. The lowest BCUT2D eigenvalue weighted by Crippen LogP contribution is -2.40. The maximum Gasteiger partial charge on any atom is 0.264 e. The molecular weight excluding hydrogens is 412 g/mol. The molecule has 1 saturated heterocycles. The third kappa shape index (κ3) is 4.78. The van der Waals surface area contributed by atoms with Gasteiger partial charge in [0.05, 0.1) is 30.3 Å². The van der Waals surface area contributed by atoms with Crippen LogP contribution in [-0.4, -0.2) is 45.5 Å². The van der Waals surface area contributed by atoms with Gasteiger partial charge < -0.3 is 9.64 Å². The number of sulfonamides is 1. The van der Waals surface area contributed by atoms with E-state index in [0.29, 0.717) is 37.6 Å². The summed E-state index contributed by atoms with van der Waals surface area (Å²) in [5.74, 6) is -0.0355. The lowest BCUT2D eigenvalue weighted by molar-refractivity contribution is 0.0303. The van der Waals surface area contributed by atoms with Gasteiger partial charge in [-0.1, -0.05) is 48.5 Å². The molecule has 0 saturated carbocycles. The van der Waals surface area contributed by atoms with Crippen LogP contribution in [0.1, 0.15) is 15.9 Å². The highest BCUT2D eigenvalue weighted by atomic mass is 32.2. The third-order valence-corrected chi connectivity index (χ3v) is 6.99. The molecule has 4 rings (SSSR count). The van der Waals surface area contributed by atoms with Crippen molar-refractivity contribution in [2.24, 2.45) is 0 Å². The summed E-state index contributed by atoms with van der Waals surface area (Å²) < 4.78 is 33.4. The third-order valence-electron chi connectivity index (χ3n) is 5.20. The maximum atomic E-state index is 13.4. The number of carbonyl (C=O) groups excluding carboxylic acids is 1. The van der Waals surface area contributed by atoms with E-state index in [-0.39, 0.29) is 17.3 Å². The number of rotatable bonds is 6. The highest BCUT2D eigenvalue weighted by molar-refractivity contribution is 7.92. The van der Waals surface area contributed by atoms with Gasteiger partial charge in [-0.05, 0) is 42.0 Å². The van der Waals surface area contributed by atoms with Crippen LogP contribution < -0.4 is 4.31 Å². The van der Waals surface area contributed by atoms with Gasteiger partial charge in [0, 0.05) is 18.7 Å². The number of para-hydroxylation sites is 1. The van der Waals surface area contributed by atoms with Crippen LogP contribution in [0.2, 0.25) is 0 Å². The Labute approximate surface area is 182 Å². The van der Waals surface area contributed by atoms with Crippen molar-refractivity contribution in [1.82, 2.24) is 4.90 Å². The van der Waals surface area contributed by atoms with E-state index < -0.39 is 10.0 Å². The first-order valence-electron chi connectivity index (χ1n) is 10.1. The SMILES string of the molecule is O=C(c1ccc(CN(c2ccccc2)S(=O)(=O)c2ccccc2)cc1)N1CCOCC1. The number of benzene rings is 3. The smallest absolute Gasteiger partial charge is 0.264 e. The molecule has 6 nitrogen and oxygen atoms in total. The Kier molecular flexibility index (Phi) is 6.34. The Morgan fingerprint density at radius 1 is 0.839 bits per heavy atom. The number of hydrogen-bond acceptors (Lipinski definition) is 4. The van der Waals surface area contributed by atoms with Crippen molar-refractivity contribution < 1.29 is 17.9 Å². The maximum absolute atomic E-state index is 13.4. The average Bonchev–Trinajstić information content (AvgIpc) is 2.84. The van der Waals surface area contributed by atoms with E-state index in [1.807, 2.05) is 30.3 Å². The summed E-state index contributed by atoms with van der Waals surface area (Å²) in [4.78, 5) is 14.7. The molecule has 1 amide bonds. The summed E-state index contributed by atoms with van der Waals surface area (Å²) in [5, 5.41) is 0. The summed E-state index contributed by atoms with van der Waals surface area (Å²) >= 11 is 0. The van der Waals surface area contributed by atoms with Gasteiger partial charge in [0.1, 0.15) is 0 Å². The molecule has 1 fully saturated rings. The number of morpholine rings is 1. The second kappa shape index (κ2) is 9.32. The monoisotopic (exact) mass is 436 g/mol. The fourth-order valence-electron chi connectivity index (χ4n) is 3.50. The van der Waals surface area contributed by atoms with Crippen molar-refractivity contribution in [2.75, 3.05) is 30.6 Å². The first kappa shape index (κ1) is 21.1. The molecule has 1 aliphatic rings. The zero-order valence-corrected chi connectivity index (χ0v) is 17.9. The van der Waals surface area contributed by atoms with Gasteiger partial charge >= 0.3 is 0 Å². The molecule has 0 unspecified atom stereocenters. The zero-order chi connectivity index (χ0) is 21.7. The number of ether oxygens (including phenoxy) is 1. The molecule has 0 aliphatic carbocycles. The summed E-state index contributed by atoms with van der Waals surface area (Å²) in [6, 6.07) is 24.5. The van der Waals surface area contributed by atoms with E-state index in [1.54, 1.807) is 59.5 Å². The molecule has 0 aromatic heterocycles. The van der Waals surface area contributed by atoms with Gasteiger partial charge in [0.25, 0.3) is 15.9 Å². The van der Waals surface area contributed by atoms with Gasteiger partial charge in [-0.3, -0.25) is 9.10 Å². The standard InChI is InChI=1S/C24H24N2O4S/c27-24(25-15-17-30-18-16-25)21-13-11-20(12-14-21)19-26(22-7-3-1-4-8-22)31(28,29)23-9-5-2-6-10-23/h1-14H,15-19H2. The molecular formula is C24H24N2O4S. The number of anilines is 1. The summed E-state index contributed by atoms with van der Waals surface area (Å²) in [7, 11) is -3.75. The number of amides is 1. The molecule has 3 aromatic carbocycles. The quantitative estimate of drug-likeness (QED) is 0.593. The Morgan fingerprint density at radius 3 is 2.03 bits per heavy atom. The Balaban J connectivity index is 1.60. The van der Waals surface area contributed by atoms with E-state index in [4.69, 9.17) is 4.74 Å². The summed E-state index contributed by atoms with van der Waals surface area (Å²) in [6.45, 7) is 2.42. The number of hydrogen-bond donors (Lipinski definition) is 0. The minimum atomic E-state index is -3.75. The lowest BCUT2D eigenvalue weighted by Gasteiger charge is -2.27. The molecule has 7 heteroatoms. The van der Waals surface area contributed by atoms with Crippen LogP contribution in [0.3, 0.4) is 0 Å².